The van der Waals surface area contributed by atoms with Crippen LogP contribution in [0, 0.1) is 0 Å². The van der Waals surface area contributed by atoms with Gasteiger partial charge in [-0.2, -0.15) is 13.2 Å². The fraction of sp³-hybridized carbons (Fsp3) is 0.500. The number of nitrogens with one attached hydrogen (secondary N) is 2. The third-order valence-corrected chi connectivity index (χ3v) is 4.51. The van der Waals surface area contributed by atoms with Crippen molar-refractivity contribution in [3.63, 3.8) is 0 Å². The van der Waals surface area contributed by atoms with Crippen LogP contribution in [0.1, 0.15) is 23.1 Å². The van der Waals surface area contributed by atoms with Gasteiger partial charge in [-0.25, -0.2) is 19.7 Å². The molecule has 174 valence electrons. The molecule has 1 aliphatic rings. The number of nitrogens with zero attached hydrogens (tertiary/aromatic N) is 4. The molecule has 1 saturated heterocycles. The summed E-state index contributed by atoms with van der Waals surface area (Å²) in [5, 5.41) is 26.2. The molecule has 4 N–H and O–H groups in total. The normalized spacial score (nSPS) is 23.4. The first-order valence-corrected chi connectivity index (χ1v) is 9.55. The number of hydrogen-bond donors (Lipinski definition) is 4. The van der Waals surface area contributed by atoms with E-state index in [-0.39, 0.29) is 31.3 Å². The smallest absolute Gasteiger partial charge is 0.434 e. The van der Waals surface area contributed by atoms with Crippen molar-refractivity contribution < 1.29 is 37.7 Å². The molecule has 0 saturated carbocycles. The van der Waals surface area contributed by atoms with E-state index in [0.29, 0.717) is 12.0 Å². The predicted molar refractivity (Wildman–Crippen MR) is 103 cm³/mol. The maximum atomic E-state index is 12.8. The average Bonchev–Trinajstić information content (AvgIpc) is 2.76. The number of aliphatic hydroxyl groups is 2. The topological polar surface area (TPSA) is 152 Å². The van der Waals surface area contributed by atoms with Gasteiger partial charge in [0.15, 0.2) is 11.4 Å². The monoisotopic (exact) mass is 458 g/mol. The Morgan fingerprint density at radius 3 is 2.62 bits per heavy atom. The lowest BCUT2D eigenvalue weighted by Crippen LogP contribution is -2.57. The van der Waals surface area contributed by atoms with E-state index < -0.39 is 42.2 Å². The van der Waals surface area contributed by atoms with Gasteiger partial charge in [0.25, 0.3) is 0 Å². The van der Waals surface area contributed by atoms with E-state index in [9.17, 15) is 28.2 Å². The van der Waals surface area contributed by atoms with Crippen molar-refractivity contribution >= 4 is 17.6 Å². The molecular formula is C18H21F3N6O5. The van der Waals surface area contributed by atoms with Crippen LogP contribution in [0.4, 0.5) is 24.8 Å². The van der Waals surface area contributed by atoms with Crippen molar-refractivity contribution in [1.82, 2.24) is 19.9 Å². The van der Waals surface area contributed by atoms with Crippen LogP contribution in [0.15, 0.2) is 24.8 Å². The molecule has 32 heavy (non-hydrogen) atoms. The molecule has 0 spiro atoms. The third-order valence-electron chi connectivity index (χ3n) is 4.51. The van der Waals surface area contributed by atoms with Gasteiger partial charge in [-0.3, -0.25) is 4.98 Å². The lowest BCUT2D eigenvalue weighted by atomic mass is 9.98. The van der Waals surface area contributed by atoms with Crippen molar-refractivity contribution in [3.05, 3.63) is 36.2 Å². The molecule has 0 bridgehead atoms. The summed E-state index contributed by atoms with van der Waals surface area (Å²) in [6.07, 6.45) is -4.05. The van der Waals surface area contributed by atoms with Crippen molar-refractivity contribution in [1.29, 1.82) is 0 Å². The molecule has 4 atom stereocenters. The van der Waals surface area contributed by atoms with Gasteiger partial charge in [0.05, 0.1) is 44.0 Å². The zero-order chi connectivity index (χ0) is 23.3. The minimum Gasteiger partial charge on any atom is -0.461 e. The second-order valence-electron chi connectivity index (χ2n) is 6.78. The summed E-state index contributed by atoms with van der Waals surface area (Å²) in [7, 11) is 0. The van der Waals surface area contributed by atoms with Gasteiger partial charge >= 0.3 is 12.1 Å². The Hall–Kier alpha value is -3.10. The summed E-state index contributed by atoms with van der Waals surface area (Å²) >= 11 is 0. The summed E-state index contributed by atoms with van der Waals surface area (Å²) < 4.78 is 48.7. The number of halogens is 3. The third kappa shape index (κ3) is 5.77. The number of ether oxygens (including phenoxy) is 2. The molecule has 0 amide bonds. The number of carbonyl (C=O) groups is 1. The highest BCUT2D eigenvalue weighted by Gasteiger charge is 2.39. The van der Waals surface area contributed by atoms with Gasteiger partial charge in [-0.15, -0.1) is 0 Å². The molecule has 0 aliphatic carbocycles. The molecule has 0 unspecified atom stereocenters. The van der Waals surface area contributed by atoms with Crippen LogP contribution in [0.25, 0.3) is 0 Å². The first kappa shape index (κ1) is 23.6. The summed E-state index contributed by atoms with van der Waals surface area (Å²) in [5.74, 6) is -0.527. The number of esters is 1. The maximum absolute atomic E-state index is 12.8. The standard InChI is InChI=1S/C18H21F3N6O5/c1-2-31-17(30)9-3-24-13(7-23-9)25-4-11-16(29)15(28)10(8-32-11)26-14-6-22-5-12(27-14)18(19,20)21/h3,5-7,10-11,15-16,28-29H,2,4,8H2,1H3,(H,24,25)(H,26,27)/t10-,11+,15+,16-/m0/s1. The van der Waals surface area contributed by atoms with Crippen molar-refractivity contribution in [2.75, 3.05) is 30.4 Å². The highest BCUT2D eigenvalue weighted by atomic mass is 19.4. The number of anilines is 2. The van der Waals surface area contributed by atoms with Crippen LogP contribution >= 0.6 is 0 Å². The van der Waals surface area contributed by atoms with Gasteiger partial charge in [0, 0.05) is 6.54 Å². The molecule has 1 aliphatic heterocycles. The second-order valence-corrected chi connectivity index (χ2v) is 6.78. The molecule has 3 rings (SSSR count). The summed E-state index contributed by atoms with van der Waals surface area (Å²) in [6, 6.07) is -0.914. The van der Waals surface area contributed by atoms with Crippen molar-refractivity contribution in [3.8, 4) is 0 Å². The van der Waals surface area contributed by atoms with Crippen molar-refractivity contribution in [2.45, 2.75) is 37.5 Å². The van der Waals surface area contributed by atoms with Crippen LogP contribution in [0.5, 0.6) is 0 Å². The van der Waals surface area contributed by atoms with E-state index in [0.717, 1.165) is 6.20 Å². The fourth-order valence-electron chi connectivity index (χ4n) is 2.89. The SMILES string of the molecule is CCOC(=O)c1cnc(NC[C@H]2OC[C@H](Nc3cncc(C(F)(F)F)n3)[C@@H](O)[C@H]2O)cn1. The van der Waals surface area contributed by atoms with E-state index in [2.05, 4.69) is 30.6 Å². The lowest BCUT2D eigenvalue weighted by Gasteiger charge is -2.38. The quantitative estimate of drug-likeness (QED) is 0.429. The molecule has 3 heterocycles. The number of rotatable bonds is 7. The van der Waals surface area contributed by atoms with E-state index in [1.54, 1.807) is 6.92 Å². The maximum Gasteiger partial charge on any atom is 0.434 e. The molecular weight excluding hydrogens is 437 g/mol. The number of alkyl halides is 3. The van der Waals surface area contributed by atoms with E-state index in [1.807, 2.05) is 0 Å². The molecule has 11 nitrogen and oxygen atoms in total. The second kappa shape index (κ2) is 10.0. The predicted octanol–water partition coefficient (Wildman–Crippen LogP) is 0.475. The summed E-state index contributed by atoms with van der Waals surface area (Å²) in [4.78, 5) is 26.4. The Balaban J connectivity index is 1.54. The molecule has 2 aromatic rings. The van der Waals surface area contributed by atoms with Crippen LogP contribution in [-0.4, -0.2) is 80.2 Å². The number of carbonyl (C=O) groups excluding carboxylic acids is 1. The van der Waals surface area contributed by atoms with Gasteiger partial charge in [-0.1, -0.05) is 0 Å². The van der Waals surface area contributed by atoms with Gasteiger partial charge in [0.2, 0.25) is 0 Å². The average molecular weight is 458 g/mol. The van der Waals surface area contributed by atoms with Gasteiger partial charge in [0.1, 0.15) is 29.9 Å². The van der Waals surface area contributed by atoms with Crippen LogP contribution in [0.3, 0.4) is 0 Å². The Morgan fingerprint density at radius 1 is 1.19 bits per heavy atom. The molecule has 0 aromatic carbocycles. The largest absolute Gasteiger partial charge is 0.461 e. The fourth-order valence-corrected chi connectivity index (χ4v) is 2.89. The van der Waals surface area contributed by atoms with Crippen molar-refractivity contribution in [2.24, 2.45) is 0 Å². The van der Waals surface area contributed by atoms with E-state index >= 15 is 0 Å². The van der Waals surface area contributed by atoms with E-state index in [1.165, 1.54) is 12.4 Å². The summed E-state index contributed by atoms with van der Waals surface area (Å²) in [5.41, 5.74) is -1.15. The Kier molecular flexibility index (Phi) is 7.37. The summed E-state index contributed by atoms with van der Waals surface area (Å²) in [6.45, 7) is 1.80. The highest BCUT2D eigenvalue weighted by molar-refractivity contribution is 5.86. The minimum absolute atomic E-state index is 0.0355. The molecule has 2 aromatic heterocycles. The van der Waals surface area contributed by atoms with Crippen LogP contribution in [0.2, 0.25) is 0 Å². The first-order chi connectivity index (χ1) is 15.2. The lowest BCUT2D eigenvalue weighted by molar-refractivity contribution is -0.141. The first-order valence-electron chi connectivity index (χ1n) is 9.55. The Morgan fingerprint density at radius 2 is 1.97 bits per heavy atom. The number of aliphatic hydroxyl groups excluding tert-OH is 2. The van der Waals surface area contributed by atoms with Gasteiger partial charge in [-0.05, 0) is 6.92 Å². The Bertz CT molecular complexity index is 917. The Labute approximate surface area is 180 Å². The zero-order valence-electron chi connectivity index (χ0n) is 16.8. The molecule has 1 fully saturated rings. The van der Waals surface area contributed by atoms with Crippen LogP contribution in [-0.2, 0) is 15.7 Å². The highest BCUT2D eigenvalue weighted by Crippen LogP contribution is 2.28. The minimum atomic E-state index is -4.67. The van der Waals surface area contributed by atoms with Gasteiger partial charge < -0.3 is 30.3 Å². The number of aromatic nitrogens is 4. The van der Waals surface area contributed by atoms with E-state index in [4.69, 9.17) is 9.47 Å². The molecule has 14 heteroatoms. The van der Waals surface area contributed by atoms with Crippen LogP contribution < -0.4 is 10.6 Å². The number of hydrogen-bond acceptors (Lipinski definition) is 11. The zero-order valence-corrected chi connectivity index (χ0v) is 16.8. The molecule has 0 radical (unpaired) electrons.